The van der Waals surface area contributed by atoms with Crippen LogP contribution in [0.25, 0.3) is 0 Å². The number of ether oxygens (including phenoxy) is 6. The van der Waals surface area contributed by atoms with E-state index in [-0.39, 0.29) is 18.9 Å². The lowest BCUT2D eigenvalue weighted by molar-refractivity contribution is -0.379. The van der Waals surface area contributed by atoms with E-state index in [4.69, 9.17) is 28.4 Å². The molecule has 600 valence electrons. The third-order valence-corrected chi connectivity index (χ3v) is 20.5. The Morgan fingerprint density at radius 3 is 1.05 bits per heavy atom. The van der Waals surface area contributed by atoms with Gasteiger partial charge in [-0.25, -0.2) is 0 Å². The summed E-state index contributed by atoms with van der Waals surface area (Å²) < 4.78 is 34.5. The number of carbonyl (C=O) groups excluding carboxylic acids is 1. The maximum Gasteiger partial charge on any atom is 0.220 e. The topological polar surface area (TPSA) is 307 Å². The highest BCUT2D eigenvalue weighted by Crippen LogP contribution is 2.33. The van der Waals surface area contributed by atoms with E-state index in [9.17, 15) is 61.0 Å². The Morgan fingerprint density at radius 1 is 0.359 bits per heavy atom. The van der Waals surface area contributed by atoms with Crippen LogP contribution in [0.2, 0.25) is 0 Å². The first-order chi connectivity index (χ1) is 50.3. The Bertz CT molecular complexity index is 2140. The van der Waals surface area contributed by atoms with Crippen molar-refractivity contribution in [3.8, 4) is 0 Å². The molecule has 0 radical (unpaired) electrons. The maximum atomic E-state index is 13.5. The molecular weight excluding hydrogens is 1310 g/mol. The lowest BCUT2D eigenvalue weighted by Gasteiger charge is -2.48. The van der Waals surface area contributed by atoms with Crippen molar-refractivity contribution >= 4 is 5.91 Å². The number of nitrogens with one attached hydrogen (secondary N) is 1. The van der Waals surface area contributed by atoms with Gasteiger partial charge >= 0.3 is 0 Å². The molecule has 103 heavy (non-hydrogen) atoms. The minimum absolute atomic E-state index is 0.243. The molecule has 3 aliphatic rings. The van der Waals surface area contributed by atoms with E-state index in [1.807, 2.05) is 6.08 Å². The monoisotopic (exact) mass is 1460 g/mol. The molecule has 0 aromatic heterocycles. The van der Waals surface area contributed by atoms with Crippen molar-refractivity contribution in [3.63, 3.8) is 0 Å². The van der Waals surface area contributed by atoms with Crippen LogP contribution < -0.4 is 5.32 Å². The van der Waals surface area contributed by atoms with E-state index in [1.54, 1.807) is 6.08 Å². The summed E-state index contributed by atoms with van der Waals surface area (Å²) >= 11 is 0. The minimum Gasteiger partial charge on any atom is -0.394 e. The molecule has 12 N–H and O–H groups in total. The summed E-state index contributed by atoms with van der Waals surface area (Å²) in [7, 11) is 0. The van der Waals surface area contributed by atoms with Crippen molar-refractivity contribution < 1.29 is 89.4 Å². The fraction of sp³-hybridized carbons (Fsp3) is 0.845. The SMILES string of the molecule is CC/C=C\C/C=C\C/C=C\C/C=C\C/C=C\CCCCCCCCCCCCCCCCCCCC(=O)NC(COC1OC(CO)C(OC2OC(CO)C(OC3OC(CO)C(O)C(O)C3O)C(O)C2O)C(O)C1O)C(O)/C=C/CCCCCCCCCCCCCCCCCCCCCCCCC. The normalized spacial score (nSPS) is 26.4. The maximum absolute atomic E-state index is 13.5. The van der Waals surface area contributed by atoms with E-state index in [1.165, 1.54) is 218 Å². The van der Waals surface area contributed by atoms with Gasteiger partial charge in [-0.15, -0.1) is 0 Å². The number of amides is 1. The van der Waals surface area contributed by atoms with Crippen molar-refractivity contribution in [2.24, 2.45) is 0 Å². The van der Waals surface area contributed by atoms with Crippen LogP contribution in [-0.4, -0.2) is 193 Å². The summed E-state index contributed by atoms with van der Waals surface area (Å²) in [6.45, 7) is 1.67. The van der Waals surface area contributed by atoms with Gasteiger partial charge in [0.05, 0.1) is 38.6 Å². The third-order valence-electron chi connectivity index (χ3n) is 20.5. The highest BCUT2D eigenvalue weighted by atomic mass is 16.8. The Morgan fingerprint density at radius 2 is 0.670 bits per heavy atom. The molecule has 0 bridgehead atoms. The van der Waals surface area contributed by atoms with Gasteiger partial charge in [-0.1, -0.05) is 324 Å². The van der Waals surface area contributed by atoms with Crippen LogP contribution in [0.4, 0.5) is 0 Å². The van der Waals surface area contributed by atoms with E-state index < -0.39 is 124 Å². The van der Waals surface area contributed by atoms with Gasteiger partial charge in [0, 0.05) is 6.42 Å². The molecule has 17 atom stereocenters. The lowest BCUT2D eigenvalue weighted by Crippen LogP contribution is -2.66. The summed E-state index contributed by atoms with van der Waals surface area (Å²) in [4.78, 5) is 13.5. The Labute approximate surface area is 623 Å². The van der Waals surface area contributed by atoms with Gasteiger partial charge in [0.15, 0.2) is 18.9 Å². The number of allylic oxidation sites excluding steroid dienone is 11. The predicted octanol–water partition coefficient (Wildman–Crippen LogP) is 14.4. The summed E-state index contributed by atoms with van der Waals surface area (Å²) in [5, 5.41) is 121. The first-order valence-electron chi connectivity index (χ1n) is 41.7. The van der Waals surface area contributed by atoms with Crippen molar-refractivity contribution in [3.05, 3.63) is 72.9 Å². The second kappa shape index (κ2) is 64.1. The summed E-state index contributed by atoms with van der Waals surface area (Å²) in [6.07, 6.45) is 57.4. The molecule has 0 aromatic carbocycles. The van der Waals surface area contributed by atoms with Gasteiger partial charge in [0.1, 0.15) is 73.2 Å². The Hall–Kier alpha value is -2.77. The zero-order valence-corrected chi connectivity index (χ0v) is 64.3. The largest absolute Gasteiger partial charge is 0.394 e. The summed E-state index contributed by atoms with van der Waals surface area (Å²) in [5.74, 6) is -0.272. The molecular formula is C84H151NO18. The lowest BCUT2D eigenvalue weighted by atomic mass is 9.96. The molecule has 0 spiro atoms. The molecule has 3 fully saturated rings. The van der Waals surface area contributed by atoms with E-state index in [2.05, 4.69) is 79.9 Å². The number of hydrogen-bond acceptors (Lipinski definition) is 18. The number of rotatable bonds is 66. The molecule has 3 saturated heterocycles. The standard InChI is InChI=1S/C84H151NO18/c1-3-5-7-9-11-13-15-17-19-21-23-25-27-29-30-31-32-33-34-35-36-38-40-42-44-46-48-50-52-54-56-58-60-62-72(90)85-67(68(89)61-59-57-55-53-51-49-47-45-43-41-39-37-28-26-24-22-20-18-16-14-12-10-8-6-4-2)66-98-82-78(96)75(93)80(70(64-87)100-82)103-84-79(97)76(94)81(71(65-88)101-84)102-83-77(95)74(92)73(91)69(63-86)99-83/h5,7,11,13,17,19,23,25,29-30,59,61,67-71,73-84,86-89,91-97H,3-4,6,8-10,12,14-16,18,20-22,24,26-28,31-58,60,62-66H2,1-2H3,(H,85,90)/b7-5-,13-11-,19-17-,25-23-,30-29-,61-59+. The average Bonchev–Trinajstić information content (AvgIpc) is 0.781. The zero-order valence-electron chi connectivity index (χ0n) is 64.3. The Kier molecular flexibility index (Phi) is 58.8. The van der Waals surface area contributed by atoms with Gasteiger partial charge in [-0.3, -0.25) is 4.79 Å². The Balaban J connectivity index is 1.36. The van der Waals surface area contributed by atoms with Crippen molar-refractivity contribution in [2.75, 3.05) is 26.4 Å². The van der Waals surface area contributed by atoms with Crippen LogP contribution in [0.3, 0.4) is 0 Å². The van der Waals surface area contributed by atoms with E-state index >= 15 is 0 Å². The minimum atomic E-state index is -1.98. The van der Waals surface area contributed by atoms with Gasteiger partial charge < -0.3 is 89.9 Å². The number of carbonyl (C=O) groups is 1. The van der Waals surface area contributed by atoms with Crippen LogP contribution >= 0.6 is 0 Å². The van der Waals surface area contributed by atoms with Crippen molar-refractivity contribution in [1.29, 1.82) is 0 Å². The average molecular weight is 1460 g/mol. The van der Waals surface area contributed by atoms with Crippen LogP contribution in [0.1, 0.15) is 322 Å². The molecule has 3 rings (SSSR count). The number of aliphatic hydroxyl groups is 11. The van der Waals surface area contributed by atoms with Crippen LogP contribution in [-0.2, 0) is 33.2 Å². The predicted molar refractivity (Wildman–Crippen MR) is 411 cm³/mol. The molecule has 3 heterocycles. The van der Waals surface area contributed by atoms with Gasteiger partial charge in [-0.2, -0.15) is 0 Å². The highest BCUT2D eigenvalue weighted by Gasteiger charge is 2.54. The third kappa shape index (κ3) is 43.9. The van der Waals surface area contributed by atoms with Crippen LogP contribution in [0.15, 0.2) is 72.9 Å². The fourth-order valence-corrected chi connectivity index (χ4v) is 13.9. The van der Waals surface area contributed by atoms with E-state index in [0.29, 0.717) is 6.42 Å². The molecule has 19 nitrogen and oxygen atoms in total. The number of hydrogen-bond donors (Lipinski definition) is 12. The highest BCUT2D eigenvalue weighted by molar-refractivity contribution is 5.76. The smallest absolute Gasteiger partial charge is 0.220 e. The van der Waals surface area contributed by atoms with Crippen molar-refractivity contribution in [2.45, 2.75) is 426 Å². The molecule has 17 unspecified atom stereocenters. The van der Waals surface area contributed by atoms with Crippen molar-refractivity contribution in [1.82, 2.24) is 5.32 Å². The number of unbranched alkanes of at least 4 members (excludes halogenated alkanes) is 40. The molecule has 1 amide bonds. The quantitative estimate of drug-likeness (QED) is 0.0199. The number of aliphatic hydroxyl groups excluding tert-OH is 11. The van der Waals surface area contributed by atoms with E-state index in [0.717, 1.165) is 77.0 Å². The van der Waals surface area contributed by atoms with Gasteiger partial charge in [0.2, 0.25) is 5.91 Å². The van der Waals surface area contributed by atoms with Crippen LogP contribution in [0.5, 0.6) is 0 Å². The first kappa shape index (κ1) is 94.4. The fourth-order valence-electron chi connectivity index (χ4n) is 13.9. The molecule has 0 saturated carbocycles. The molecule has 0 aromatic rings. The second-order valence-electron chi connectivity index (χ2n) is 29.6. The van der Waals surface area contributed by atoms with Gasteiger partial charge in [-0.05, 0) is 64.2 Å². The second-order valence-corrected chi connectivity index (χ2v) is 29.6. The summed E-state index contributed by atoms with van der Waals surface area (Å²) in [5.41, 5.74) is 0. The molecule has 3 aliphatic heterocycles. The van der Waals surface area contributed by atoms with Gasteiger partial charge in [0.25, 0.3) is 0 Å². The molecule has 19 heteroatoms. The zero-order chi connectivity index (χ0) is 74.6. The van der Waals surface area contributed by atoms with Crippen LogP contribution in [0, 0.1) is 0 Å². The molecule has 0 aliphatic carbocycles. The summed E-state index contributed by atoms with van der Waals surface area (Å²) in [6, 6.07) is -0.977. The first-order valence-corrected chi connectivity index (χ1v) is 41.7.